The van der Waals surface area contributed by atoms with Crippen LogP contribution in [0.15, 0.2) is 164 Å². The number of aromatic nitrogens is 5. The standard InChI is InChI=1S/C55H46N5O.Pt/c1-54(2,3)40-27-38(28-41(32-40)55(4,5)6)39-30-47(58-48(31-39)45-17-8-10-22-52(45)61)37-15-11-14-36(26-37)46-29-35(23-24-57-46)42-18-12-19-44-43-16-7-9-20-49(43)60(53(42)44)50-21-13-25-59-34-56-33-51(50)59;/h7-25,27-34,61H,1-6H3;/q-1;. The Morgan fingerprint density at radius 3 is 1.98 bits per heavy atom. The van der Waals surface area contributed by atoms with Crippen LogP contribution in [0.25, 0.3) is 89.0 Å². The quantitative estimate of drug-likeness (QED) is 0.169. The average Bonchev–Trinajstić information content (AvgIpc) is 3.89. The zero-order valence-electron chi connectivity index (χ0n) is 35.6. The van der Waals surface area contributed by atoms with Crippen LogP contribution in [0.2, 0.25) is 0 Å². The van der Waals surface area contributed by atoms with E-state index >= 15 is 0 Å². The molecule has 0 atom stereocenters. The zero-order valence-corrected chi connectivity index (χ0v) is 37.9. The molecular formula is C55H46N5OPt-. The molecule has 0 bridgehead atoms. The summed E-state index contributed by atoms with van der Waals surface area (Å²) in [6.45, 7) is 13.6. The van der Waals surface area contributed by atoms with Crippen molar-refractivity contribution in [1.82, 2.24) is 23.9 Å². The van der Waals surface area contributed by atoms with E-state index in [2.05, 4.69) is 171 Å². The molecule has 62 heavy (non-hydrogen) atoms. The minimum atomic E-state index is -0.0493. The fourth-order valence-corrected chi connectivity index (χ4v) is 8.46. The molecule has 0 spiro atoms. The number of rotatable bonds is 6. The van der Waals surface area contributed by atoms with E-state index in [0.29, 0.717) is 11.3 Å². The van der Waals surface area contributed by atoms with Gasteiger partial charge >= 0.3 is 0 Å². The molecule has 0 amide bonds. The predicted octanol–water partition coefficient (Wildman–Crippen LogP) is 13.7. The van der Waals surface area contributed by atoms with Gasteiger partial charge in [-0.15, -0.1) is 24.3 Å². The van der Waals surface area contributed by atoms with Crippen LogP contribution in [0, 0.1) is 6.07 Å². The SMILES string of the molecule is CC(C)(C)c1cc(-c2cc(-c3[c-]c(-c4cc(-c5cccc6c7ccccc7n(-c7cccn8cncc78)c56)ccn4)ccc3)nc(-c3ccccc3O)c2)cc(C(C)(C)C)c1.[Pt]. The van der Waals surface area contributed by atoms with Gasteiger partial charge in [0.2, 0.25) is 0 Å². The summed E-state index contributed by atoms with van der Waals surface area (Å²) < 4.78 is 4.43. The number of hydrogen-bond acceptors (Lipinski definition) is 4. The Morgan fingerprint density at radius 1 is 0.565 bits per heavy atom. The number of phenolic OH excluding ortho intramolecular Hbond substituents is 1. The van der Waals surface area contributed by atoms with Gasteiger partial charge in [0, 0.05) is 66.7 Å². The molecule has 5 aromatic carbocycles. The third-order valence-electron chi connectivity index (χ3n) is 11.8. The number of nitrogens with zero attached hydrogens (tertiary/aromatic N) is 5. The summed E-state index contributed by atoms with van der Waals surface area (Å²) in [5.74, 6) is 0.187. The van der Waals surface area contributed by atoms with Gasteiger partial charge in [-0.3, -0.25) is 9.97 Å². The molecule has 5 aromatic heterocycles. The van der Waals surface area contributed by atoms with E-state index in [-0.39, 0.29) is 37.6 Å². The average molecular weight is 988 g/mol. The van der Waals surface area contributed by atoms with Gasteiger partial charge in [0.05, 0.1) is 40.5 Å². The Kier molecular flexibility index (Phi) is 10.3. The molecule has 1 N–H and O–H groups in total. The molecule has 0 aliphatic rings. The summed E-state index contributed by atoms with van der Waals surface area (Å²) in [4.78, 5) is 14.6. The van der Waals surface area contributed by atoms with Gasteiger partial charge in [0.1, 0.15) is 5.75 Å². The number of benzene rings is 5. The van der Waals surface area contributed by atoms with Crippen molar-refractivity contribution in [3.63, 3.8) is 0 Å². The summed E-state index contributed by atoms with van der Waals surface area (Å²) in [7, 11) is 0. The van der Waals surface area contributed by atoms with Crippen molar-refractivity contribution in [3.8, 4) is 67.5 Å². The van der Waals surface area contributed by atoms with Crippen LogP contribution in [-0.2, 0) is 31.9 Å². The third kappa shape index (κ3) is 7.33. The van der Waals surface area contributed by atoms with Crippen LogP contribution < -0.4 is 0 Å². The van der Waals surface area contributed by atoms with E-state index < -0.39 is 0 Å². The molecule has 6 nitrogen and oxygen atoms in total. The third-order valence-corrected chi connectivity index (χ3v) is 11.8. The molecule has 0 saturated heterocycles. The molecule has 0 unspecified atom stereocenters. The zero-order chi connectivity index (χ0) is 42.0. The van der Waals surface area contributed by atoms with E-state index in [4.69, 9.17) is 9.97 Å². The number of fused-ring (bicyclic) bond motifs is 4. The number of phenols is 1. The summed E-state index contributed by atoms with van der Waals surface area (Å²) in [5, 5.41) is 13.4. The topological polar surface area (TPSA) is 68.2 Å². The Balaban J connectivity index is 0.00000490. The predicted molar refractivity (Wildman–Crippen MR) is 250 cm³/mol. The first-order valence-corrected chi connectivity index (χ1v) is 20.8. The van der Waals surface area contributed by atoms with E-state index in [9.17, 15) is 5.11 Å². The maximum Gasteiger partial charge on any atom is 0.124 e. The summed E-state index contributed by atoms with van der Waals surface area (Å²) in [5.41, 5.74) is 15.7. The molecule has 0 aliphatic heterocycles. The van der Waals surface area contributed by atoms with Crippen molar-refractivity contribution in [3.05, 3.63) is 182 Å². The Bertz CT molecular complexity index is 3280. The first-order chi connectivity index (χ1) is 29.4. The van der Waals surface area contributed by atoms with Gasteiger partial charge in [-0.2, -0.15) is 0 Å². The summed E-state index contributed by atoms with van der Waals surface area (Å²) >= 11 is 0. The van der Waals surface area contributed by atoms with Crippen molar-refractivity contribution >= 4 is 27.3 Å². The van der Waals surface area contributed by atoms with Crippen LogP contribution in [-0.4, -0.2) is 29.0 Å². The van der Waals surface area contributed by atoms with Gasteiger partial charge < -0.3 is 14.1 Å². The van der Waals surface area contributed by atoms with Crippen LogP contribution in [0.3, 0.4) is 0 Å². The number of pyridine rings is 3. The summed E-state index contributed by atoms with van der Waals surface area (Å²) in [6, 6.07) is 52.1. The van der Waals surface area contributed by atoms with E-state index in [0.717, 1.165) is 67.0 Å². The maximum atomic E-state index is 11.1. The Labute approximate surface area is 376 Å². The molecule has 0 aliphatic carbocycles. The molecule has 7 heteroatoms. The van der Waals surface area contributed by atoms with Crippen molar-refractivity contribution in [2.24, 2.45) is 0 Å². The smallest absolute Gasteiger partial charge is 0.124 e. The van der Waals surface area contributed by atoms with Crippen LogP contribution >= 0.6 is 0 Å². The van der Waals surface area contributed by atoms with Gasteiger partial charge in [0.15, 0.2) is 0 Å². The molecular weight excluding hydrogens is 942 g/mol. The largest absolute Gasteiger partial charge is 0.507 e. The molecule has 5 heterocycles. The molecule has 10 aromatic rings. The Hall–Kier alpha value is -6.62. The van der Waals surface area contributed by atoms with Gasteiger partial charge in [0.25, 0.3) is 0 Å². The van der Waals surface area contributed by atoms with Crippen molar-refractivity contribution in [1.29, 1.82) is 0 Å². The van der Waals surface area contributed by atoms with Crippen molar-refractivity contribution < 1.29 is 26.2 Å². The second-order valence-corrected chi connectivity index (χ2v) is 18.0. The molecule has 0 radical (unpaired) electrons. The fourth-order valence-electron chi connectivity index (χ4n) is 8.46. The van der Waals surface area contributed by atoms with Gasteiger partial charge in [-0.05, 0) is 81.1 Å². The minimum absolute atomic E-state index is 0. The summed E-state index contributed by atoms with van der Waals surface area (Å²) in [6.07, 6.45) is 7.69. The number of hydrogen-bond donors (Lipinski definition) is 1. The molecule has 10 rings (SSSR count). The Morgan fingerprint density at radius 2 is 1.21 bits per heavy atom. The van der Waals surface area contributed by atoms with Crippen molar-refractivity contribution in [2.75, 3.05) is 0 Å². The monoisotopic (exact) mass is 987 g/mol. The van der Waals surface area contributed by atoms with Crippen LogP contribution in [0.1, 0.15) is 52.7 Å². The maximum absolute atomic E-state index is 11.1. The normalized spacial score (nSPS) is 12.0. The van der Waals surface area contributed by atoms with Crippen LogP contribution in [0.4, 0.5) is 0 Å². The van der Waals surface area contributed by atoms with E-state index in [1.54, 1.807) is 6.07 Å². The molecule has 0 fully saturated rings. The first kappa shape index (κ1) is 40.8. The van der Waals surface area contributed by atoms with E-state index in [1.807, 2.05) is 49.2 Å². The second kappa shape index (κ2) is 15.7. The van der Waals surface area contributed by atoms with Gasteiger partial charge in [-0.25, -0.2) is 4.98 Å². The second-order valence-electron chi connectivity index (χ2n) is 18.0. The molecule has 308 valence electrons. The number of para-hydroxylation sites is 3. The van der Waals surface area contributed by atoms with E-state index in [1.165, 1.54) is 21.9 Å². The van der Waals surface area contributed by atoms with Crippen LogP contribution in [0.5, 0.6) is 5.75 Å². The number of imidazole rings is 1. The van der Waals surface area contributed by atoms with Crippen molar-refractivity contribution in [2.45, 2.75) is 52.4 Å². The number of aromatic hydroxyl groups is 1. The molecule has 0 saturated carbocycles. The first-order valence-electron chi connectivity index (χ1n) is 20.8. The van der Waals surface area contributed by atoms with Gasteiger partial charge in [-0.1, -0.05) is 132 Å². The minimum Gasteiger partial charge on any atom is -0.507 e. The fraction of sp³-hybridized carbons (Fsp3) is 0.145.